The van der Waals surface area contributed by atoms with Gasteiger partial charge in [-0.3, -0.25) is 4.79 Å². The summed E-state index contributed by atoms with van der Waals surface area (Å²) in [7, 11) is 2.11. The summed E-state index contributed by atoms with van der Waals surface area (Å²) in [6.45, 7) is 4.36. The first-order valence-corrected chi connectivity index (χ1v) is 7.54. The number of hydrogen-bond acceptors (Lipinski definition) is 3. The lowest BCUT2D eigenvalue weighted by Gasteiger charge is -2.29. The molecule has 2 heterocycles. The van der Waals surface area contributed by atoms with Crippen LogP contribution in [0, 0.1) is 5.92 Å². The number of likely N-dealkylation sites (N-methyl/N-ethyl adjacent to an activating group) is 1. The van der Waals surface area contributed by atoms with Crippen molar-refractivity contribution in [3.05, 3.63) is 29.8 Å². The zero-order chi connectivity index (χ0) is 13.9. The molecule has 124 valence electrons. The van der Waals surface area contributed by atoms with E-state index in [1.807, 2.05) is 4.90 Å². The highest BCUT2D eigenvalue weighted by Gasteiger charge is 2.28. The molecule has 22 heavy (non-hydrogen) atoms. The Morgan fingerprint density at radius 2 is 2.00 bits per heavy atom. The van der Waals surface area contributed by atoms with Crippen LogP contribution in [-0.4, -0.2) is 44.0 Å². The number of anilines is 1. The number of halogens is 2. The van der Waals surface area contributed by atoms with Gasteiger partial charge in [0, 0.05) is 38.9 Å². The Kier molecular flexibility index (Phi) is 7.46. The monoisotopic (exact) mass is 345 g/mol. The van der Waals surface area contributed by atoms with Gasteiger partial charge in [0.15, 0.2) is 0 Å². The van der Waals surface area contributed by atoms with Gasteiger partial charge in [0.1, 0.15) is 0 Å². The molecule has 1 N–H and O–H groups in total. The highest BCUT2D eigenvalue weighted by atomic mass is 35.5. The topological polar surface area (TPSA) is 35.6 Å². The lowest BCUT2D eigenvalue weighted by Crippen LogP contribution is -2.43. The number of piperidine rings is 1. The summed E-state index contributed by atoms with van der Waals surface area (Å²) >= 11 is 0. The zero-order valence-corrected chi connectivity index (χ0v) is 14.6. The summed E-state index contributed by atoms with van der Waals surface area (Å²) in [5.41, 5.74) is 2.51. The molecular formula is C16H25Cl2N3O. The van der Waals surface area contributed by atoms with Crippen LogP contribution in [0.3, 0.4) is 0 Å². The summed E-state index contributed by atoms with van der Waals surface area (Å²) in [5.74, 6) is 0.488. The molecule has 6 heteroatoms. The minimum absolute atomic E-state index is 0. The molecule has 1 unspecified atom stereocenters. The predicted octanol–water partition coefficient (Wildman–Crippen LogP) is 2.31. The maximum absolute atomic E-state index is 12.7. The summed E-state index contributed by atoms with van der Waals surface area (Å²) in [6, 6.07) is 8.41. The van der Waals surface area contributed by atoms with E-state index in [4.69, 9.17) is 0 Å². The number of para-hydroxylation sites is 1. The molecule has 2 aliphatic rings. The number of fused-ring (bicyclic) bond motifs is 1. The number of benzene rings is 1. The molecule has 1 atom stereocenters. The molecule has 1 aromatic rings. The molecule has 4 nitrogen and oxygen atoms in total. The van der Waals surface area contributed by atoms with Crippen molar-refractivity contribution < 1.29 is 4.79 Å². The Morgan fingerprint density at radius 3 is 2.73 bits per heavy atom. The first-order chi connectivity index (χ1) is 9.75. The molecular weight excluding hydrogens is 321 g/mol. The van der Waals surface area contributed by atoms with Crippen molar-refractivity contribution in [3.8, 4) is 0 Å². The third-order valence-corrected chi connectivity index (χ3v) is 4.43. The molecule has 1 saturated heterocycles. The van der Waals surface area contributed by atoms with Crippen molar-refractivity contribution >= 4 is 36.4 Å². The first kappa shape index (κ1) is 19.1. The van der Waals surface area contributed by atoms with E-state index >= 15 is 0 Å². The third-order valence-electron chi connectivity index (χ3n) is 4.43. The maximum Gasteiger partial charge on any atom is 0.227 e. The van der Waals surface area contributed by atoms with Gasteiger partial charge in [-0.1, -0.05) is 18.2 Å². The predicted molar refractivity (Wildman–Crippen MR) is 95.2 cm³/mol. The summed E-state index contributed by atoms with van der Waals surface area (Å²) in [6.07, 6.45) is 2.14. The average molecular weight is 346 g/mol. The van der Waals surface area contributed by atoms with E-state index in [1.165, 1.54) is 11.3 Å². The van der Waals surface area contributed by atoms with E-state index < -0.39 is 0 Å². The van der Waals surface area contributed by atoms with E-state index in [2.05, 4.69) is 41.5 Å². The van der Waals surface area contributed by atoms with Gasteiger partial charge in [-0.25, -0.2) is 0 Å². The van der Waals surface area contributed by atoms with Crippen LogP contribution in [0.1, 0.15) is 18.4 Å². The number of nitrogens with one attached hydrogen (secondary N) is 1. The average Bonchev–Trinajstić information content (AvgIpc) is 2.67. The van der Waals surface area contributed by atoms with Gasteiger partial charge in [0.25, 0.3) is 0 Å². The van der Waals surface area contributed by atoms with Gasteiger partial charge in [-0.05, 0) is 31.0 Å². The van der Waals surface area contributed by atoms with Crippen LogP contribution < -0.4 is 10.2 Å². The Balaban J connectivity index is 0.00000121. The van der Waals surface area contributed by atoms with Crippen molar-refractivity contribution in [1.29, 1.82) is 0 Å². The first-order valence-electron chi connectivity index (χ1n) is 7.54. The summed E-state index contributed by atoms with van der Waals surface area (Å²) in [5, 5.41) is 3.34. The lowest BCUT2D eigenvalue weighted by atomic mass is 9.98. The Morgan fingerprint density at radius 1 is 1.23 bits per heavy atom. The maximum atomic E-state index is 12.7. The SMILES string of the molecule is CN1CCN(C(=O)C2CCCNC2)Cc2ccccc21.Cl.Cl. The third kappa shape index (κ3) is 4.06. The normalized spacial score (nSPS) is 21.0. The van der Waals surface area contributed by atoms with E-state index in [-0.39, 0.29) is 30.7 Å². The fraction of sp³-hybridized carbons (Fsp3) is 0.562. The van der Waals surface area contributed by atoms with Crippen molar-refractivity contribution in [2.75, 3.05) is 38.1 Å². The van der Waals surface area contributed by atoms with Crippen molar-refractivity contribution in [1.82, 2.24) is 10.2 Å². The van der Waals surface area contributed by atoms with Crippen LogP contribution >= 0.6 is 24.8 Å². The Labute approximate surface area is 145 Å². The molecule has 0 radical (unpaired) electrons. The smallest absolute Gasteiger partial charge is 0.227 e. The molecule has 0 aliphatic carbocycles. The Bertz CT molecular complexity index is 492. The van der Waals surface area contributed by atoms with Gasteiger partial charge >= 0.3 is 0 Å². The van der Waals surface area contributed by atoms with Gasteiger partial charge in [-0.15, -0.1) is 24.8 Å². The molecule has 3 rings (SSSR count). The quantitative estimate of drug-likeness (QED) is 0.848. The minimum atomic E-state index is 0. The molecule has 0 saturated carbocycles. The molecule has 0 spiro atoms. The second-order valence-electron chi connectivity index (χ2n) is 5.85. The van der Waals surface area contributed by atoms with E-state index in [9.17, 15) is 4.79 Å². The fourth-order valence-corrected chi connectivity index (χ4v) is 3.20. The second kappa shape index (κ2) is 8.61. The molecule has 0 aromatic heterocycles. The van der Waals surface area contributed by atoms with Gasteiger partial charge in [0.05, 0.1) is 5.92 Å². The molecule has 1 aromatic carbocycles. The number of carbonyl (C=O) groups excluding carboxylic acids is 1. The standard InChI is InChI=1S/C16H23N3O.2ClH/c1-18-9-10-19(12-14-5-2-3-7-15(14)18)16(20)13-6-4-8-17-11-13;;/h2-3,5,7,13,17H,4,6,8-12H2,1H3;2*1H. The highest BCUT2D eigenvalue weighted by molar-refractivity contribution is 5.85. The highest BCUT2D eigenvalue weighted by Crippen LogP contribution is 2.25. The number of hydrogen-bond donors (Lipinski definition) is 1. The van der Waals surface area contributed by atoms with Crippen LogP contribution in [0.5, 0.6) is 0 Å². The van der Waals surface area contributed by atoms with Crippen LogP contribution in [0.4, 0.5) is 5.69 Å². The van der Waals surface area contributed by atoms with E-state index in [0.717, 1.165) is 45.6 Å². The van der Waals surface area contributed by atoms with Crippen molar-refractivity contribution in [3.63, 3.8) is 0 Å². The molecule has 2 aliphatic heterocycles. The number of rotatable bonds is 1. The van der Waals surface area contributed by atoms with Crippen LogP contribution in [0.2, 0.25) is 0 Å². The summed E-state index contributed by atoms with van der Waals surface area (Å²) in [4.78, 5) is 17.0. The molecule has 1 amide bonds. The van der Waals surface area contributed by atoms with Gasteiger partial charge in [0.2, 0.25) is 5.91 Å². The Hall–Kier alpha value is -0.970. The van der Waals surface area contributed by atoms with Crippen molar-refractivity contribution in [2.45, 2.75) is 19.4 Å². The van der Waals surface area contributed by atoms with Crippen LogP contribution in [-0.2, 0) is 11.3 Å². The zero-order valence-electron chi connectivity index (χ0n) is 13.0. The largest absolute Gasteiger partial charge is 0.373 e. The lowest BCUT2D eigenvalue weighted by molar-refractivity contribution is -0.136. The molecule has 0 bridgehead atoms. The van der Waals surface area contributed by atoms with Crippen LogP contribution in [0.15, 0.2) is 24.3 Å². The fourth-order valence-electron chi connectivity index (χ4n) is 3.20. The number of amides is 1. The van der Waals surface area contributed by atoms with E-state index in [1.54, 1.807) is 0 Å². The summed E-state index contributed by atoms with van der Waals surface area (Å²) < 4.78 is 0. The second-order valence-corrected chi connectivity index (χ2v) is 5.85. The van der Waals surface area contributed by atoms with Crippen LogP contribution in [0.25, 0.3) is 0 Å². The molecule has 1 fully saturated rings. The minimum Gasteiger partial charge on any atom is -0.373 e. The van der Waals surface area contributed by atoms with Gasteiger partial charge < -0.3 is 15.1 Å². The van der Waals surface area contributed by atoms with E-state index in [0.29, 0.717) is 5.91 Å². The number of nitrogens with zero attached hydrogens (tertiary/aromatic N) is 2. The number of carbonyl (C=O) groups is 1. The van der Waals surface area contributed by atoms with Crippen molar-refractivity contribution in [2.24, 2.45) is 5.92 Å². The van der Waals surface area contributed by atoms with Gasteiger partial charge in [-0.2, -0.15) is 0 Å².